The lowest BCUT2D eigenvalue weighted by Crippen LogP contribution is -2.65. The molecule has 0 aromatic rings. The van der Waals surface area contributed by atoms with Crippen molar-refractivity contribution in [2.45, 2.75) is 202 Å². The highest BCUT2D eigenvalue weighted by Gasteiger charge is 2.69. The maximum atomic E-state index is 12.1. The predicted molar refractivity (Wildman–Crippen MR) is 220 cm³/mol. The Balaban J connectivity index is 0.885. The van der Waals surface area contributed by atoms with Crippen molar-refractivity contribution in [3.63, 3.8) is 0 Å². The molecular formula is C45H76O20. The Morgan fingerprint density at radius 2 is 1.23 bits per heavy atom. The predicted octanol–water partition coefficient (Wildman–Crippen LogP) is -2.81. The molecular weight excluding hydrogens is 860 g/mol. The lowest BCUT2D eigenvalue weighted by atomic mass is 9.44. The highest BCUT2D eigenvalue weighted by atomic mass is 16.8. The first-order chi connectivity index (χ1) is 30.7. The molecule has 0 amide bonds. The first-order valence-corrected chi connectivity index (χ1v) is 23.9. The molecule has 13 N–H and O–H groups in total. The zero-order chi connectivity index (χ0) is 47.1. The quantitative estimate of drug-likeness (QED) is 0.0829. The van der Waals surface area contributed by atoms with Gasteiger partial charge in [-0.05, 0) is 97.7 Å². The summed E-state index contributed by atoms with van der Waals surface area (Å²) in [5.41, 5.74) is -0.302. The van der Waals surface area contributed by atoms with Crippen LogP contribution in [0.5, 0.6) is 0 Å². The summed E-state index contributed by atoms with van der Waals surface area (Å²) < 4.78 is 41.7. The van der Waals surface area contributed by atoms with E-state index >= 15 is 0 Å². The molecule has 4 saturated heterocycles. The van der Waals surface area contributed by atoms with Crippen LogP contribution in [-0.2, 0) is 33.2 Å². The van der Waals surface area contributed by atoms with Crippen LogP contribution >= 0.6 is 0 Å². The molecule has 20 heteroatoms. The summed E-state index contributed by atoms with van der Waals surface area (Å²) >= 11 is 0. The van der Waals surface area contributed by atoms with E-state index < -0.39 is 130 Å². The van der Waals surface area contributed by atoms with Crippen LogP contribution in [0.3, 0.4) is 0 Å². The van der Waals surface area contributed by atoms with Gasteiger partial charge in [-0.3, -0.25) is 0 Å². The molecule has 0 radical (unpaired) electrons. The second-order valence-electron chi connectivity index (χ2n) is 21.6. The maximum Gasteiger partial charge on any atom is 0.187 e. The minimum Gasteiger partial charge on any atom is -0.394 e. The van der Waals surface area contributed by atoms with Gasteiger partial charge in [0, 0.05) is 12.3 Å². The normalized spacial score (nSPS) is 56.1. The van der Waals surface area contributed by atoms with Crippen molar-refractivity contribution in [2.75, 3.05) is 26.4 Å². The number of aliphatic hydroxyl groups excluding tert-OH is 12. The fourth-order valence-electron chi connectivity index (χ4n) is 14.2. The molecule has 8 fully saturated rings. The summed E-state index contributed by atoms with van der Waals surface area (Å²) in [6.07, 6.45) is -18.0. The van der Waals surface area contributed by atoms with Crippen LogP contribution in [0.2, 0.25) is 0 Å². The summed E-state index contributed by atoms with van der Waals surface area (Å²) in [4.78, 5) is 0. The van der Waals surface area contributed by atoms with E-state index in [2.05, 4.69) is 20.8 Å². The molecule has 0 aromatic heterocycles. The molecule has 65 heavy (non-hydrogen) atoms. The van der Waals surface area contributed by atoms with Gasteiger partial charge < -0.3 is 99.5 Å². The summed E-state index contributed by atoms with van der Waals surface area (Å²) in [5, 5.41) is 137. The third-order valence-electron chi connectivity index (χ3n) is 18.0. The largest absolute Gasteiger partial charge is 0.394 e. The van der Waals surface area contributed by atoms with Crippen LogP contribution in [-0.4, -0.2) is 209 Å². The summed E-state index contributed by atoms with van der Waals surface area (Å²) in [7, 11) is 0. The van der Waals surface area contributed by atoms with Crippen LogP contribution in [0, 0.1) is 52.3 Å². The van der Waals surface area contributed by atoms with Gasteiger partial charge in [-0.25, -0.2) is 0 Å². The SMILES string of the molecule is CC(CCC1(O)OC2CC3C4CC[C@@H]5C[C@@H](O[C@@H]6O[C@H](CO)[C@H](O)[C@H](O)[C@H]6O[C@@H]6O[C@H](CO)[C@@H](O)[C@H](O)[C@H]6O)[C@@H](O)C[C@]5(C)C4CC[C@]3(C)C2C1C)CO[C@@H]1O[C@H](CO)[C@@H](O)[C@H](O)[C@H]1O. The number of rotatable bonds is 13. The van der Waals surface area contributed by atoms with E-state index in [0.29, 0.717) is 43.4 Å². The van der Waals surface area contributed by atoms with Crippen molar-refractivity contribution in [2.24, 2.45) is 52.3 Å². The number of hydrogen-bond donors (Lipinski definition) is 13. The average molecular weight is 937 g/mol. The van der Waals surface area contributed by atoms with Crippen LogP contribution in [0.25, 0.3) is 0 Å². The molecule has 0 bridgehead atoms. The summed E-state index contributed by atoms with van der Waals surface area (Å²) in [6.45, 7) is 6.91. The zero-order valence-corrected chi connectivity index (χ0v) is 37.8. The monoisotopic (exact) mass is 936 g/mol. The van der Waals surface area contributed by atoms with Gasteiger partial charge in [0.2, 0.25) is 0 Å². The fraction of sp³-hybridized carbons (Fsp3) is 1.00. The molecule has 0 aromatic carbocycles. The Kier molecular flexibility index (Phi) is 15.1. The van der Waals surface area contributed by atoms with Crippen LogP contribution in [0.4, 0.5) is 0 Å². The van der Waals surface area contributed by atoms with Crippen molar-refractivity contribution >= 4 is 0 Å². The highest BCUT2D eigenvalue weighted by Crippen LogP contribution is 2.71. The fourth-order valence-corrected chi connectivity index (χ4v) is 14.2. The second kappa shape index (κ2) is 19.4. The van der Waals surface area contributed by atoms with Crippen LogP contribution < -0.4 is 0 Å². The molecule has 4 aliphatic carbocycles. The number of aliphatic hydroxyl groups is 13. The Morgan fingerprint density at radius 3 is 1.86 bits per heavy atom. The van der Waals surface area contributed by atoms with Crippen LogP contribution in [0.15, 0.2) is 0 Å². The molecule has 4 aliphatic heterocycles. The summed E-state index contributed by atoms with van der Waals surface area (Å²) in [6, 6.07) is 0. The number of hydrogen-bond acceptors (Lipinski definition) is 20. The Morgan fingerprint density at radius 1 is 0.646 bits per heavy atom. The van der Waals surface area contributed by atoms with Crippen molar-refractivity contribution < 1.29 is 99.5 Å². The van der Waals surface area contributed by atoms with E-state index in [9.17, 15) is 66.4 Å². The van der Waals surface area contributed by atoms with Gasteiger partial charge in [-0.15, -0.1) is 0 Å². The van der Waals surface area contributed by atoms with Gasteiger partial charge in [0.25, 0.3) is 0 Å². The molecule has 376 valence electrons. The van der Waals surface area contributed by atoms with Crippen molar-refractivity contribution in [3.8, 4) is 0 Å². The topological polar surface area (TPSA) is 328 Å². The Hall–Kier alpha value is -0.800. The molecule has 4 heterocycles. The Labute approximate surface area is 379 Å². The minimum absolute atomic E-state index is 0.0708. The van der Waals surface area contributed by atoms with Crippen molar-refractivity contribution in [3.05, 3.63) is 0 Å². The number of fused-ring (bicyclic) bond motifs is 7. The lowest BCUT2D eigenvalue weighted by molar-refractivity contribution is -0.376. The molecule has 8 unspecified atom stereocenters. The molecule has 28 atom stereocenters. The van der Waals surface area contributed by atoms with E-state index in [0.717, 1.165) is 32.1 Å². The molecule has 0 spiro atoms. The molecule has 8 rings (SSSR count). The average Bonchev–Trinajstić information content (AvgIpc) is 3.72. The van der Waals surface area contributed by atoms with Gasteiger partial charge in [0.05, 0.1) is 44.7 Å². The van der Waals surface area contributed by atoms with Crippen molar-refractivity contribution in [1.29, 1.82) is 0 Å². The highest BCUT2D eigenvalue weighted by molar-refractivity contribution is 5.15. The van der Waals surface area contributed by atoms with E-state index in [4.69, 9.17) is 33.2 Å². The first-order valence-electron chi connectivity index (χ1n) is 23.9. The van der Waals surface area contributed by atoms with Gasteiger partial charge in [-0.2, -0.15) is 0 Å². The zero-order valence-electron chi connectivity index (χ0n) is 37.8. The van der Waals surface area contributed by atoms with Gasteiger partial charge in [0.1, 0.15) is 73.2 Å². The Bertz CT molecular complexity index is 1600. The van der Waals surface area contributed by atoms with E-state index in [-0.39, 0.29) is 47.2 Å². The smallest absolute Gasteiger partial charge is 0.187 e. The molecule has 8 aliphatic rings. The summed E-state index contributed by atoms with van der Waals surface area (Å²) in [5.74, 6) is -0.194. The number of ether oxygens (including phenoxy) is 7. The van der Waals surface area contributed by atoms with Crippen molar-refractivity contribution in [1.82, 2.24) is 0 Å². The lowest BCUT2D eigenvalue weighted by Gasteiger charge is -2.62. The third-order valence-corrected chi connectivity index (χ3v) is 18.0. The van der Waals surface area contributed by atoms with E-state index in [1.165, 1.54) is 0 Å². The van der Waals surface area contributed by atoms with E-state index in [1.54, 1.807) is 0 Å². The second-order valence-corrected chi connectivity index (χ2v) is 21.6. The maximum absolute atomic E-state index is 12.1. The van der Waals surface area contributed by atoms with Gasteiger partial charge >= 0.3 is 0 Å². The minimum atomic E-state index is -1.81. The molecule has 4 saturated carbocycles. The van der Waals surface area contributed by atoms with E-state index in [1.807, 2.05) is 6.92 Å². The van der Waals surface area contributed by atoms with Crippen LogP contribution in [0.1, 0.15) is 85.5 Å². The van der Waals surface area contributed by atoms with Gasteiger partial charge in [0.15, 0.2) is 24.7 Å². The third kappa shape index (κ3) is 8.89. The standard InChI is InChI=1S/C45H76O20/c1-18(17-59-40-37(56)34(53)31(50)27(14-46)61-40)7-10-45(58)19(2)30-26(65-45)12-23-21-6-5-20-11-25(24(49)13-44(20,4)22(21)8-9-43(23,30)3)60-42-39(36(55)33(52)29(16-48)63-42)64-41-38(57)35(54)32(51)28(15-47)62-41/h18-42,46-58H,5-17H2,1-4H3/t18?,19?,20-,21?,22?,23?,24+,25-,26?,27-,28-,29-,30?,31-,32-,33+,34+,35+,36+,37-,38-,39-,40-,41+,42-,43+,44+,45?/m1/s1. The first kappa shape index (κ1) is 50.6. The molecule has 20 nitrogen and oxygen atoms in total. The van der Waals surface area contributed by atoms with Gasteiger partial charge in [-0.1, -0.05) is 27.7 Å².